The lowest BCUT2D eigenvalue weighted by atomic mass is 9.89. The second-order valence-corrected chi connectivity index (χ2v) is 13.0. The van der Waals surface area contributed by atoms with Gasteiger partial charge in [-0.3, -0.25) is 0 Å². The van der Waals surface area contributed by atoms with E-state index < -0.39 is 0 Å². The Morgan fingerprint density at radius 2 is 0.889 bits per heavy atom. The molecular formula is C42H39N3. The van der Waals surface area contributed by atoms with E-state index in [0.29, 0.717) is 0 Å². The molecule has 0 spiro atoms. The summed E-state index contributed by atoms with van der Waals surface area (Å²) in [4.78, 5) is 5.20. The SMILES string of the molecule is c1ccc(-c2c3cc(N4CCCCC4)ccc3c(-n3c4ccccc4c4ccccc43)c3cc(N4CCCCC4)ccc23)cc1. The highest BCUT2D eigenvalue weighted by Gasteiger charge is 2.23. The van der Waals surface area contributed by atoms with Crippen LogP contribution in [0.1, 0.15) is 38.5 Å². The van der Waals surface area contributed by atoms with E-state index in [-0.39, 0.29) is 0 Å². The number of para-hydroxylation sites is 2. The molecule has 0 amide bonds. The Balaban J connectivity index is 1.44. The normalized spacial score (nSPS) is 15.9. The zero-order valence-electron chi connectivity index (χ0n) is 25.9. The fourth-order valence-electron chi connectivity index (χ4n) is 8.20. The summed E-state index contributed by atoms with van der Waals surface area (Å²) in [6, 6.07) is 43.6. The van der Waals surface area contributed by atoms with Crippen molar-refractivity contribution in [1.29, 1.82) is 0 Å². The molecule has 0 N–H and O–H groups in total. The van der Waals surface area contributed by atoms with Gasteiger partial charge >= 0.3 is 0 Å². The van der Waals surface area contributed by atoms with E-state index in [4.69, 9.17) is 0 Å². The molecule has 7 aromatic rings. The lowest BCUT2D eigenvalue weighted by Gasteiger charge is -2.30. The van der Waals surface area contributed by atoms with Gasteiger partial charge in [0, 0.05) is 59.1 Å². The third-order valence-electron chi connectivity index (χ3n) is 10.4. The van der Waals surface area contributed by atoms with E-state index in [1.807, 2.05) is 0 Å². The number of piperidine rings is 2. The summed E-state index contributed by atoms with van der Waals surface area (Å²) in [7, 11) is 0. The van der Waals surface area contributed by atoms with Gasteiger partial charge in [-0.05, 0) is 96.8 Å². The second-order valence-electron chi connectivity index (χ2n) is 13.0. The largest absolute Gasteiger partial charge is 0.372 e. The predicted molar refractivity (Wildman–Crippen MR) is 193 cm³/mol. The summed E-state index contributed by atoms with van der Waals surface area (Å²) in [5, 5.41) is 7.89. The van der Waals surface area contributed by atoms with Crippen molar-refractivity contribution in [3.8, 4) is 16.8 Å². The molecule has 0 radical (unpaired) electrons. The van der Waals surface area contributed by atoms with Gasteiger partial charge in [-0.1, -0.05) is 78.9 Å². The minimum Gasteiger partial charge on any atom is -0.372 e. The molecule has 0 unspecified atom stereocenters. The van der Waals surface area contributed by atoms with Gasteiger partial charge in [0.05, 0.1) is 16.7 Å². The van der Waals surface area contributed by atoms with Gasteiger partial charge in [-0.15, -0.1) is 0 Å². The average Bonchev–Trinajstić information content (AvgIpc) is 3.45. The standard InChI is InChI=1S/C42H39N3/c1-4-14-30(15-5-1)41-35-22-20-32(44-26-12-3-13-27-44)29-38(35)42(36-23-21-31(28-37(36)41)43-24-10-2-11-25-43)45-39-18-8-6-16-33(39)34-17-7-9-19-40(34)45/h1,4-9,14-23,28-29H,2-3,10-13,24-27H2. The van der Waals surface area contributed by atoms with Crippen LogP contribution in [-0.4, -0.2) is 30.7 Å². The molecule has 2 saturated heterocycles. The number of fused-ring (bicyclic) bond motifs is 5. The Morgan fingerprint density at radius 3 is 1.49 bits per heavy atom. The van der Waals surface area contributed by atoms with Crippen LogP contribution in [0.3, 0.4) is 0 Å². The summed E-state index contributed by atoms with van der Waals surface area (Å²) >= 11 is 0. The first-order chi connectivity index (χ1) is 22.3. The topological polar surface area (TPSA) is 11.4 Å². The van der Waals surface area contributed by atoms with Crippen LogP contribution < -0.4 is 9.80 Å². The third-order valence-corrected chi connectivity index (χ3v) is 10.4. The number of nitrogens with zero attached hydrogens (tertiary/aromatic N) is 3. The van der Waals surface area contributed by atoms with Crippen molar-refractivity contribution in [2.75, 3.05) is 36.0 Å². The Hall–Kier alpha value is -4.76. The summed E-state index contributed by atoms with van der Waals surface area (Å²) < 4.78 is 2.56. The molecule has 3 heterocycles. The van der Waals surface area contributed by atoms with Crippen molar-refractivity contribution in [2.45, 2.75) is 38.5 Å². The smallest absolute Gasteiger partial charge is 0.0620 e. The molecule has 0 saturated carbocycles. The minimum absolute atomic E-state index is 1.13. The molecule has 3 nitrogen and oxygen atoms in total. The maximum atomic E-state index is 2.60. The Labute approximate surface area is 265 Å². The van der Waals surface area contributed by atoms with Gasteiger partial charge in [0.1, 0.15) is 0 Å². The number of benzene rings is 6. The fraction of sp³-hybridized carbons (Fsp3) is 0.238. The highest BCUT2D eigenvalue weighted by Crippen LogP contribution is 2.46. The Kier molecular flexibility index (Phi) is 6.51. The van der Waals surface area contributed by atoms with E-state index in [1.165, 1.54) is 110 Å². The van der Waals surface area contributed by atoms with Crippen LogP contribution in [-0.2, 0) is 0 Å². The lowest BCUT2D eigenvalue weighted by molar-refractivity contribution is 0.578. The number of hydrogen-bond acceptors (Lipinski definition) is 2. The summed E-state index contributed by atoms with van der Waals surface area (Å²) in [6.07, 6.45) is 7.74. The molecule has 2 fully saturated rings. The van der Waals surface area contributed by atoms with E-state index in [1.54, 1.807) is 0 Å². The maximum Gasteiger partial charge on any atom is 0.0620 e. The predicted octanol–water partition coefficient (Wildman–Crippen LogP) is 10.7. The van der Waals surface area contributed by atoms with Crippen LogP contribution in [0, 0.1) is 0 Å². The summed E-state index contributed by atoms with van der Waals surface area (Å²) in [6.45, 7) is 4.54. The summed E-state index contributed by atoms with van der Waals surface area (Å²) in [5.74, 6) is 0. The Morgan fingerprint density at radius 1 is 0.378 bits per heavy atom. The van der Waals surface area contributed by atoms with Crippen molar-refractivity contribution in [2.24, 2.45) is 0 Å². The van der Waals surface area contributed by atoms with Crippen LogP contribution in [0.25, 0.3) is 60.2 Å². The number of aromatic nitrogens is 1. The highest BCUT2D eigenvalue weighted by atomic mass is 15.1. The fourth-order valence-corrected chi connectivity index (χ4v) is 8.20. The van der Waals surface area contributed by atoms with Crippen LogP contribution >= 0.6 is 0 Å². The molecule has 2 aliphatic heterocycles. The molecule has 45 heavy (non-hydrogen) atoms. The van der Waals surface area contributed by atoms with Crippen molar-refractivity contribution < 1.29 is 0 Å². The van der Waals surface area contributed by atoms with E-state index in [2.05, 4.69) is 130 Å². The van der Waals surface area contributed by atoms with Crippen molar-refractivity contribution in [3.63, 3.8) is 0 Å². The van der Waals surface area contributed by atoms with Crippen LogP contribution in [0.5, 0.6) is 0 Å². The zero-order chi connectivity index (χ0) is 29.7. The van der Waals surface area contributed by atoms with Gasteiger partial charge < -0.3 is 14.4 Å². The van der Waals surface area contributed by atoms with E-state index in [9.17, 15) is 0 Å². The van der Waals surface area contributed by atoms with E-state index >= 15 is 0 Å². The first-order valence-electron chi connectivity index (χ1n) is 16.9. The minimum atomic E-state index is 1.13. The zero-order valence-corrected chi connectivity index (χ0v) is 25.9. The molecule has 1 aromatic heterocycles. The number of rotatable bonds is 4. The van der Waals surface area contributed by atoms with E-state index in [0.717, 1.165) is 26.2 Å². The maximum absolute atomic E-state index is 2.60. The molecule has 2 aliphatic rings. The number of anilines is 2. The van der Waals surface area contributed by atoms with Crippen LogP contribution in [0.15, 0.2) is 115 Å². The van der Waals surface area contributed by atoms with Gasteiger partial charge in [-0.2, -0.15) is 0 Å². The molecule has 0 atom stereocenters. The molecule has 9 rings (SSSR count). The lowest BCUT2D eigenvalue weighted by Crippen LogP contribution is -2.29. The Bertz CT molecular complexity index is 2130. The molecular weight excluding hydrogens is 546 g/mol. The third kappa shape index (κ3) is 4.40. The molecule has 6 aromatic carbocycles. The monoisotopic (exact) mass is 585 g/mol. The molecule has 3 heteroatoms. The summed E-state index contributed by atoms with van der Waals surface area (Å²) in [5.41, 5.74) is 9.12. The average molecular weight is 586 g/mol. The van der Waals surface area contributed by atoms with Gasteiger partial charge in [0.2, 0.25) is 0 Å². The molecule has 0 aliphatic carbocycles. The van der Waals surface area contributed by atoms with Gasteiger partial charge in [0.15, 0.2) is 0 Å². The van der Waals surface area contributed by atoms with Gasteiger partial charge in [-0.25, -0.2) is 0 Å². The first kappa shape index (κ1) is 26.6. The highest BCUT2D eigenvalue weighted by molar-refractivity contribution is 6.21. The first-order valence-corrected chi connectivity index (χ1v) is 16.9. The van der Waals surface area contributed by atoms with Gasteiger partial charge in [0.25, 0.3) is 0 Å². The second kappa shape index (κ2) is 11.0. The quantitative estimate of drug-likeness (QED) is 0.190. The molecule has 222 valence electrons. The van der Waals surface area contributed by atoms with Crippen molar-refractivity contribution in [3.05, 3.63) is 115 Å². The van der Waals surface area contributed by atoms with Crippen LogP contribution in [0.4, 0.5) is 11.4 Å². The number of hydrogen-bond donors (Lipinski definition) is 0. The van der Waals surface area contributed by atoms with Crippen molar-refractivity contribution in [1.82, 2.24) is 4.57 Å². The van der Waals surface area contributed by atoms with Crippen molar-refractivity contribution >= 4 is 54.7 Å². The van der Waals surface area contributed by atoms with Crippen LogP contribution in [0.2, 0.25) is 0 Å². The molecule has 0 bridgehead atoms.